The number of para-hydroxylation sites is 2. The number of rotatable bonds is 5. The van der Waals surface area contributed by atoms with Gasteiger partial charge in [0, 0.05) is 34.5 Å². The van der Waals surface area contributed by atoms with Crippen LogP contribution in [0.15, 0.2) is 53.1 Å². The van der Waals surface area contributed by atoms with E-state index in [4.69, 9.17) is 0 Å². The molecule has 4 aromatic rings. The molecule has 0 fully saturated rings. The van der Waals surface area contributed by atoms with E-state index in [0.29, 0.717) is 18.9 Å². The van der Waals surface area contributed by atoms with E-state index in [1.165, 1.54) is 0 Å². The van der Waals surface area contributed by atoms with Gasteiger partial charge in [0.05, 0.1) is 11.0 Å². The second kappa shape index (κ2) is 6.96. The summed E-state index contributed by atoms with van der Waals surface area (Å²) in [4.78, 5) is 20.5. The van der Waals surface area contributed by atoms with E-state index in [0.717, 1.165) is 38.4 Å². The predicted octanol–water partition coefficient (Wildman–Crippen LogP) is 5.33. The Hall–Kier alpha value is -2.60. The highest BCUT2D eigenvalue weighted by atomic mass is 79.9. The van der Waals surface area contributed by atoms with E-state index in [9.17, 15) is 4.79 Å². The fourth-order valence-corrected chi connectivity index (χ4v) is 3.55. The maximum absolute atomic E-state index is 12.6. The van der Waals surface area contributed by atoms with Crippen LogP contribution in [0.2, 0.25) is 0 Å². The molecule has 0 atom stereocenters. The molecule has 0 aliphatic rings. The van der Waals surface area contributed by atoms with Gasteiger partial charge in [-0.3, -0.25) is 4.79 Å². The van der Waals surface area contributed by atoms with Gasteiger partial charge in [-0.25, -0.2) is 9.55 Å². The van der Waals surface area contributed by atoms with E-state index in [2.05, 4.69) is 37.3 Å². The van der Waals surface area contributed by atoms with Gasteiger partial charge in [-0.2, -0.15) is 0 Å². The lowest BCUT2D eigenvalue weighted by Gasteiger charge is -2.09. The lowest BCUT2D eigenvalue weighted by molar-refractivity contribution is 0.0909. The zero-order chi connectivity index (χ0) is 18.1. The first kappa shape index (κ1) is 16.8. The summed E-state index contributed by atoms with van der Waals surface area (Å²) in [6, 6.07) is 13.9. The van der Waals surface area contributed by atoms with Crippen molar-refractivity contribution in [2.75, 3.05) is 5.32 Å². The Morgan fingerprint density at radius 2 is 2.12 bits per heavy atom. The van der Waals surface area contributed by atoms with Crippen molar-refractivity contribution in [2.45, 2.75) is 26.3 Å². The number of benzene rings is 2. The van der Waals surface area contributed by atoms with Crippen LogP contribution in [0.25, 0.3) is 21.9 Å². The molecule has 0 saturated carbocycles. The lowest BCUT2D eigenvalue weighted by Crippen LogP contribution is -2.14. The smallest absolute Gasteiger partial charge is 0.233 e. The number of nitrogens with zero attached hydrogens (tertiary/aromatic N) is 2. The van der Waals surface area contributed by atoms with Crippen molar-refractivity contribution in [1.29, 1.82) is 0 Å². The van der Waals surface area contributed by atoms with E-state index in [1.54, 1.807) is 4.57 Å². The van der Waals surface area contributed by atoms with Crippen molar-refractivity contribution < 1.29 is 4.79 Å². The summed E-state index contributed by atoms with van der Waals surface area (Å²) in [5, 5.41) is 4.50. The first-order valence-corrected chi connectivity index (χ1v) is 9.46. The first-order chi connectivity index (χ1) is 12.7. The number of hydrogen-bond acceptors (Lipinski definition) is 3. The molecule has 6 heteroatoms. The summed E-state index contributed by atoms with van der Waals surface area (Å²) in [5.74, 6) is 0.652. The number of aromatic nitrogens is 3. The van der Waals surface area contributed by atoms with Gasteiger partial charge >= 0.3 is 0 Å². The number of aromatic amines is 1. The molecule has 2 N–H and O–H groups in total. The molecule has 0 saturated heterocycles. The molecule has 132 valence electrons. The molecule has 0 aliphatic carbocycles. The zero-order valence-electron chi connectivity index (χ0n) is 14.4. The molecule has 0 unspecified atom stereocenters. The van der Waals surface area contributed by atoms with Gasteiger partial charge in [-0.15, -0.1) is 0 Å². The number of carbonyl (C=O) groups excluding carboxylic acids is 1. The molecule has 4 rings (SSSR count). The molecule has 2 aromatic heterocycles. The molecule has 5 nitrogen and oxygen atoms in total. The van der Waals surface area contributed by atoms with Crippen LogP contribution in [0.4, 0.5) is 5.95 Å². The molecule has 0 bridgehead atoms. The maximum Gasteiger partial charge on any atom is 0.233 e. The lowest BCUT2D eigenvalue weighted by atomic mass is 10.2. The molecular weight excluding hydrogens is 392 g/mol. The van der Waals surface area contributed by atoms with Crippen LogP contribution in [-0.4, -0.2) is 20.4 Å². The number of fused-ring (bicyclic) bond motifs is 2. The van der Waals surface area contributed by atoms with Crippen LogP contribution in [-0.2, 0) is 6.54 Å². The number of imidazole rings is 1. The molecule has 26 heavy (non-hydrogen) atoms. The third-order valence-corrected chi connectivity index (χ3v) is 4.93. The highest BCUT2D eigenvalue weighted by molar-refractivity contribution is 9.10. The molecular formula is C20H19BrN4O. The normalized spacial score (nSPS) is 11.3. The van der Waals surface area contributed by atoms with Gasteiger partial charge < -0.3 is 10.3 Å². The fourth-order valence-electron chi connectivity index (χ4n) is 3.19. The van der Waals surface area contributed by atoms with E-state index >= 15 is 0 Å². The third-order valence-electron chi connectivity index (χ3n) is 4.44. The number of nitrogens with one attached hydrogen (secondary N) is 2. The Kier molecular flexibility index (Phi) is 4.51. The monoisotopic (exact) mass is 410 g/mol. The fraction of sp³-hybridized carbons (Fsp3) is 0.200. The van der Waals surface area contributed by atoms with E-state index in [-0.39, 0.29) is 5.91 Å². The first-order valence-electron chi connectivity index (χ1n) is 8.67. The van der Waals surface area contributed by atoms with Crippen LogP contribution in [0, 0.1) is 0 Å². The Bertz CT molecular complexity index is 1100. The van der Waals surface area contributed by atoms with Gasteiger partial charge in [0.2, 0.25) is 11.9 Å². The average Bonchev–Trinajstić information content (AvgIpc) is 3.20. The molecule has 2 heterocycles. The summed E-state index contributed by atoms with van der Waals surface area (Å²) in [7, 11) is 0. The number of carbonyl (C=O) groups is 1. The highest BCUT2D eigenvalue weighted by Crippen LogP contribution is 2.25. The quantitative estimate of drug-likeness (QED) is 0.467. The highest BCUT2D eigenvalue weighted by Gasteiger charge is 2.16. The largest absolute Gasteiger partial charge is 0.361 e. The number of hydrogen-bond donors (Lipinski definition) is 2. The van der Waals surface area contributed by atoms with E-state index in [1.807, 2.05) is 49.5 Å². The number of anilines is 1. The Labute approximate surface area is 159 Å². The Morgan fingerprint density at radius 3 is 2.96 bits per heavy atom. The minimum absolute atomic E-state index is 0.0605. The molecule has 0 aliphatic heterocycles. The van der Waals surface area contributed by atoms with Crippen molar-refractivity contribution in [3.8, 4) is 0 Å². The predicted molar refractivity (Wildman–Crippen MR) is 109 cm³/mol. The van der Waals surface area contributed by atoms with Gasteiger partial charge in [-0.1, -0.05) is 35.0 Å². The average molecular weight is 411 g/mol. The van der Waals surface area contributed by atoms with Crippen LogP contribution >= 0.6 is 15.9 Å². The zero-order valence-corrected chi connectivity index (χ0v) is 16.0. The van der Waals surface area contributed by atoms with Crippen molar-refractivity contribution >= 4 is 49.7 Å². The summed E-state index contributed by atoms with van der Waals surface area (Å²) < 4.78 is 2.74. The SMILES string of the molecule is CCCC(=O)n1c(NCc2c[nH]c3ccc(Br)cc23)nc2ccccc21. The van der Waals surface area contributed by atoms with Gasteiger partial charge in [0.25, 0.3) is 0 Å². The van der Waals surface area contributed by atoms with Crippen molar-refractivity contribution in [3.63, 3.8) is 0 Å². The molecule has 2 aromatic carbocycles. The van der Waals surface area contributed by atoms with Crippen molar-refractivity contribution in [2.24, 2.45) is 0 Å². The Balaban J connectivity index is 1.69. The molecule has 0 radical (unpaired) electrons. The topological polar surface area (TPSA) is 62.7 Å². The molecule has 0 spiro atoms. The summed E-state index contributed by atoms with van der Waals surface area (Å²) in [5.41, 5.74) is 3.87. The van der Waals surface area contributed by atoms with Gasteiger partial charge in [0.1, 0.15) is 0 Å². The van der Waals surface area contributed by atoms with Crippen molar-refractivity contribution in [1.82, 2.24) is 14.5 Å². The second-order valence-electron chi connectivity index (χ2n) is 6.26. The van der Waals surface area contributed by atoms with E-state index < -0.39 is 0 Å². The van der Waals surface area contributed by atoms with Gasteiger partial charge in [0.15, 0.2) is 0 Å². The van der Waals surface area contributed by atoms with Crippen LogP contribution in [0.3, 0.4) is 0 Å². The third kappa shape index (κ3) is 3.01. The summed E-state index contributed by atoms with van der Waals surface area (Å²) in [6.45, 7) is 2.59. The summed E-state index contributed by atoms with van der Waals surface area (Å²) in [6.07, 6.45) is 3.29. The number of halogens is 1. The second-order valence-corrected chi connectivity index (χ2v) is 7.18. The van der Waals surface area contributed by atoms with Gasteiger partial charge in [-0.05, 0) is 42.3 Å². The summed E-state index contributed by atoms with van der Waals surface area (Å²) >= 11 is 3.52. The minimum Gasteiger partial charge on any atom is -0.361 e. The standard InChI is InChI=1S/C20H19BrN4O/c1-2-5-19(26)25-18-7-4-3-6-17(18)24-20(25)23-12-13-11-22-16-9-8-14(21)10-15(13)16/h3-4,6-11,22H,2,5,12H2,1H3,(H,23,24). The maximum atomic E-state index is 12.6. The number of H-pyrrole nitrogens is 1. The van der Waals surface area contributed by atoms with Crippen LogP contribution in [0.1, 0.15) is 30.1 Å². The Morgan fingerprint density at radius 1 is 1.27 bits per heavy atom. The van der Waals surface area contributed by atoms with Crippen LogP contribution in [0.5, 0.6) is 0 Å². The van der Waals surface area contributed by atoms with Crippen LogP contribution < -0.4 is 5.32 Å². The minimum atomic E-state index is 0.0605. The van der Waals surface area contributed by atoms with Crippen molar-refractivity contribution in [3.05, 3.63) is 58.7 Å². The molecule has 0 amide bonds.